The predicted molar refractivity (Wildman–Crippen MR) is 68.5 cm³/mol. The largest absolute Gasteiger partial charge is 0.355 e. The molecule has 0 bridgehead atoms. The second kappa shape index (κ2) is 7.02. The summed E-state index contributed by atoms with van der Waals surface area (Å²) in [6, 6.07) is 0. The first-order valence-corrected chi connectivity index (χ1v) is 8.65. The zero-order valence-electron chi connectivity index (χ0n) is 9.10. The highest BCUT2D eigenvalue weighted by molar-refractivity contribution is 8.23. The summed E-state index contributed by atoms with van der Waals surface area (Å²) in [5.74, 6) is 3.86. The lowest BCUT2D eigenvalue weighted by Crippen LogP contribution is -1.96. The summed E-state index contributed by atoms with van der Waals surface area (Å²) in [7, 11) is -2.99. The Labute approximate surface area is 99.9 Å². The minimum absolute atomic E-state index is 0.413. The Bertz CT molecular complexity index is 250. The average Bonchev–Trinajstić information content (AvgIpc) is 2.19. The monoisotopic (exact) mass is 268 g/mol. The Hall–Kier alpha value is 0.590. The maximum Gasteiger partial charge on any atom is 0.355 e. The van der Waals surface area contributed by atoms with E-state index in [4.69, 9.17) is 9.05 Å². The number of thioether (sulfide) groups is 2. The molecular formula is C9H17O3PS2. The van der Waals surface area contributed by atoms with Gasteiger partial charge in [-0.25, -0.2) is 0 Å². The summed E-state index contributed by atoms with van der Waals surface area (Å²) in [5, 5.41) is 0. The standard InChI is InChI=1S/C9H17O3PS2/c1-3-11-13(10,12-4-2)8-9-14-6-5-7-15-9/h8H,3-7H2,1-2H3. The Morgan fingerprint density at radius 1 is 1.27 bits per heavy atom. The van der Waals surface area contributed by atoms with Crippen LogP contribution in [0.15, 0.2) is 10.1 Å². The van der Waals surface area contributed by atoms with Crippen molar-refractivity contribution < 1.29 is 13.6 Å². The summed E-state index contributed by atoms with van der Waals surface area (Å²) >= 11 is 3.47. The lowest BCUT2D eigenvalue weighted by atomic mass is 10.6. The highest BCUT2D eigenvalue weighted by Crippen LogP contribution is 2.53. The van der Waals surface area contributed by atoms with Gasteiger partial charge in [0.2, 0.25) is 0 Å². The highest BCUT2D eigenvalue weighted by Gasteiger charge is 2.22. The zero-order chi connectivity index (χ0) is 11.1. The number of hydrogen-bond acceptors (Lipinski definition) is 5. The van der Waals surface area contributed by atoms with Gasteiger partial charge >= 0.3 is 7.60 Å². The normalized spacial score (nSPS) is 17.9. The lowest BCUT2D eigenvalue weighted by Gasteiger charge is -2.17. The highest BCUT2D eigenvalue weighted by atomic mass is 32.2. The van der Waals surface area contributed by atoms with E-state index in [1.165, 1.54) is 6.42 Å². The van der Waals surface area contributed by atoms with E-state index in [0.717, 1.165) is 15.7 Å². The Morgan fingerprint density at radius 3 is 2.27 bits per heavy atom. The molecule has 3 nitrogen and oxygen atoms in total. The average molecular weight is 268 g/mol. The molecule has 0 radical (unpaired) electrons. The van der Waals surface area contributed by atoms with Crippen LogP contribution >= 0.6 is 31.1 Å². The van der Waals surface area contributed by atoms with Crippen LogP contribution in [0.25, 0.3) is 0 Å². The van der Waals surface area contributed by atoms with Crippen LogP contribution in [0.3, 0.4) is 0 Å². The number of hydrogen-bond donors (Lipinski definition) is 0. The van der Waals surface area contributed by atoms with Crippen LogP contribution < -0.4 is 0 Å². The quantitative estimate of drug-likeness (QED) is 0.706. The molecule has 1 heterocycles. The van der Waals surface area contributed by atoms with Gasteiger partial charge in [-0.3, -0.25) is 4.57 Å². The molecule has 0 aromatic rings. The van der Waals surface area contributed by atoms with Crippen molar-refractivity contribution in [1.82, 2.24) is 0 Å². The first-order valence-electron chi connectivity index (χ1n) is 5.07. The molecule has 0 atom stereocenters. The molecule has 15 heavy (non-hydrogen) atoms. The van der Waals surface area contributed by atoms with Crippen molar-refractivity contribution >= 4 is 31.1 Å². The molecule has 0 amide bonds. The molecule has 0 aliphatic carbocycles. The zero-order valence-corrected chi connectivity index (χ0v) is 11.6. The maximum absolute atomic E-state index is 12.1. The van der Waals surface area contributed by atoms with E-state index in [2.05, 4.69) is 0 Å². The molecule has 1 rings (SSSR count). The summed E-state index contributed by atoms with van der Waals surface area (Å²) in [6.45, 7) is 4.48. The fraction of sp³-hybridized carbons (Fsp3) is 0.778. The van der Waals surface area contributed by atoms with Crippen LogP contribution in [0, 0.1) is 0 Å². The van der Waals surface area contributed by atoms with Crippen molar-refractivity contribution in [2.75, 3.05) is 24.7 Å². The Kier molecular flexibility index (Phi) is 6.39. The van der Waals surface area contributed by atoms with Gasteiger partial charge in [-0.2, -0.15) is 0 Å². The van der Waals surface area contributed by atoms with Crippen molar-refractivity contribution in [3.05, 3.63) is 10.1 Å². The molecule has 1 saturated heterocycles. The van der Waals surface area contributed by atoms with Crippen molar-refractivity contribution in [1.29, 1.82) is 0 Å². The molecule has 0 N–H and O–H groups in total. The Morgan fingerprint density at radius 2 is 1.80 bits per heavy atom. The molecule has 1 aliphatic rings. The minimum Gasteiger partial charge on any atom is -0.306 e. The van der Waals surface area contributed by atoms with Crippen LogP contribution in [0.4, 0.5) is 0 Å². The van der Waals surface area contributed by atoms with Gasteiger partial charge in [0.1, 0.15) is 0 Å². The van der Waals surface area contributed by atoms with E-state index in [0.29, 0.717) is 13.2 Å². The molecule has 0 saturated carbocycles. The van der Waals surface area contributed by atoms with Crippen LogP contribution in [0.2, 0.25) is 0 Å². The second-order valence-electron chi connectivity index (χ2n) is 2.87. The maximum atomic E-state index is 12.1. The van der Waals surface area contributed by atoms with Crippen LogP contribution in [-0.2, 0) is 13.6 Å². The van der Waals surface area contributed by atoms with Gasteiger partial charge in [0.05, 0.1) is 13.2 Å². The van der Waals surface area contributed by atoms with Crippen molar-refractivity contribution in [3.63, 3.8) is 0 Å². The third kappa shape index (κ3) is 4.96. The molecule has 0 spiro atoms. The van der Waals surface area contributed by atoms with Crippen molar-refractivity contribution in [2.24, 2.45) is 0 Å². The van der Waals surface area contributed by atoms with Gasteiger partial charge in [-0.05, 0) is 31.8 Å². The topological polar surface area (TPSA) is 35.5 Å². The smallest absolute Gasteiger partial charge is 0.306 e. The van der Waals surface area contributed by atoms with E-state index >= 15 is 0 Å². The molecule has 0 aromatic heterocycles. The van der Waals surface area contributed by atoms with Crippen LogP contribution in [-0.4, -0.2) is 24.7 Å². The van der Waals surface area contributed by atoms with Crippen LogP contribution in [0.5, 0.6) is 0 Å². The third-order valence-electron chi connectivity index (χ3n) is 1.66. The molecule has 6 heteroatoms. The molecule has 0 unspecified atom stereocenters. The lowest BCUT2D eigenvalue weighted by molar-refractivity contribution is 0.229. The van der Waals surface area contributed by atoms with Gasteiger partial charge in [0, 0.05) is 10.1 Å². The molecule has 88 valence electrons. The first-order chi connectivity index (χ1) is 7.20. The fourth-order valence-electron chi connectivity index (χ4n) is 1.12. The van der Waals surface area contributed by atoms with Crippen molar-refractivity contribution in [3.8, 4) is 0 Å². The molecule has 1 aliphatic heterocycles. The van der Waals surface area contributed by atoms with E-state index in [1.54, 1.807) is 29.3 Å². The predicted octanol–water partition coefficient (Wildman–Crippen LogP) is 3.92. The minimum atomic E-state index is -2.99. The van der Waals surface area contributed by atoms with Gasteiger partial charge in [-0.15, -0.1) is 23.5 Å². The van der Waals surface area contributed by atoms with Gasteiger partial charge in [0.25, 0.3) is 0 Å². The summed E-state index contributed by atoms with van der Waals surface area (Å²) in [5.41, 5.74) is 0. The second-order valence-corrected chi connectivity index (χ2v) is 7.26. The van der Waals surface area contributed by atoms with E-state index in [1.807, 2.05) is 13.8 Å². The number of rotatable bonds is 5. The van der Waals surface area contributed by atoms with Gasteiger partial charge < -0.3 is 9.05 Å². The van der Waals surface area contributed by atoms with E-state index in [-0.39, 0.29) is 0 Å². The van der Waals surface area contributed by atoms with Crippen LogP contribution in [0.1, 0.15) is 20.3 Å². The van der Waals surface area contributed by atoms with Gasteiger partial charge in [0.15, 0.2) is 0 Å². The summed E-state index contributed by atoms with van der Waals surface area (Å²) in [6.07, 6.45) is 1.21. The summed E-state index contributed by atoms with van der Waals surface area (Å²) in [4.78, 5) is 0. The fourth-order valence-corrected chi connectivity index (χ4v) is 5.69. The molecular weight excluding hydrogens is 251 g/mol. The first kappa shape index (κ1) is 13.7. The van der Waals surface area contributed by atoms with Gasteiger partial charge in [-0.1, -0.05) is 0 Å². The molecule has 1 fully saturated rings. The Balaban J connectivity index is 2.66. The van der Waals surface area contributed by atoms with E-state index in [9.17, 15) is 4.57 Å². The third-order valence-corrected chi connectivity index (χ3v) is 6.32. The van der Waals surface area contributed by atoms with Crippen molar-refractivity contribution in [2.45, 2.75) is 20.3 Å². The summed E-state index contributed by atoms with van der Waals surface area (Å²) < 4.78 is 23.6. The molecule has 0 aromatic carbocycles. The van der Waals surface area contributed by atoms with E-state index < -0.39 is 7.60 Å². The SMILES string of the molecule is CCOP(=O)(C=C1SCCCS1)OCC.